The quantitative estimate of drug-likeness (QED) is 0.437. The molecule has 138 valence electrons. The molecular formula is C19H21Cl2N3O2. The monoisotopic (exact) mass is 393 g/mol. The molecule has 0 aromatic carbocycles. The van der Waals surface area contributed by atoms with Crippen LogP contribution in [0.3, 0.4) is 0 Å². The highest BCUT2D eigenvalue weighted by Gasteiger charge is 2.33. The van der Waals surface area contributed by atoms with Crippen molar-refractivity contribution in [1.29, 1.82) is 0 Å². The predicted octanol–water partition coefficient (Wildman–Crippen LogP) is 3.30. The summed E-state index contributed by atoms with van der Waals surface area (Å²) in [5, 5.41) is 0. The van der Waals surface area contributed by atoms with E-state index in [1.807, 2.05) is 40.9 Å². The van der Waals surface area contributed by atoms with Crippen molar-refractivity contribution in [3.05, 3.63) is 58.4 Å². The van der Waals surface area contributed by atoms with Crippen LogP contribution < -0.4 is 0 Å². The van der Waals surface area contributed by atoms with Crippen molar-refractivity contribution in [2.75, 3.05) is 26.2 Å². The van der Waals surface area contributed by atoms with Crippen LogP contribution in [-0.2, 0) is 9.59 Å². The Bertz CT molecular complexity index is 759. The SMILES string of the molecule is CC(CC(=O)N1CC2=C(CN(C(=O)/C=C/C=C(Cl)Cl)C2)C1)n1cccc1. The van der Waals surface area contributed by atoms with Crippen LogP contribution in [0.1, 0.15) is 19.4 Å². The summed E-state index contributed by atoms with van der Waals surface area (Å²) >= 11 is 11.0. The number of nitrogens with zero attached hydrogens (tertiary/aromatic N) is 3. The molecule has 5 nitrogen and oxygen atoms in total. The smallest absolute Gasteiger partial charge is 0.247 e. The minimum atomic E-state index is -0.0793. The molecule has 2 aliphatic heterocycles. The maximum atomic E-state index is 12.6. The summed E-state index contributed by atoms with van der Waals surface area (Å²) in [4.78, 5) is 28.4. The van der Waals surface area contributed by atoms with Gasteiger partial charge in [0.2, 0.25) is 11.8 Å². The first-order valence-electron chi connectivity index (χ1n) is 8.52. The standard InChI is InChI=1S/C19H21Cl2N3O2/c1-14(22-7-2-3-8-22)9-19(26)24-12-15-10-23(11-16(15)13-24)18(25)6-4-5-17(20)21/h2-8,14H,9-13H2,1H3/b6-4+. The second-order valence-electron chi connectivity index (χ2n) is 6.65. The molecule has 0 spiro atoms. The lowest BCUT2D eigenvalue weighted by Crippen LogP contribution is -2.36. The van der Waals surface area contributed by atoms with Crippen molar-refractivity contribution in [2.24, 2.45) is 0 Å². The molecule has 0 saturated heterocycles. The second kappa shape index (κ2) is 8.14. The third-order valence-electron chi connectivity index (χ3n) is 4.76. The Morgan fingerprint density at radius 2 is 1.65 bits per heavy atom. The van der Waals surface area contributed by atoms with Crippen LogP contribution in [0, 0.1) is 0 Å². The Labute approximate surface area is 163 Å². The molecule has 3 rings (SSSR count). The molecule has 2 amide bonds. The van der Waals surface area contributed by atoms with Crippen molar-refractivity contribution in [1.82, 2.24) is 14.4 Å². The largest absolute Gasteiger partial charge is 0.351 e. The summed E-state index contributed by atoms with van der Waals surface area (Å²) in [5.41, 5.74) is 2.36. The van der Waals surface area contributed by atoms with E-state index in [1.165, 1.54) is 23.3 Å². The fourth-order valence-electron chi connectivity index (χ4n) is 3.35. The summed E-state index contributed by atoms with van der Waals surface area (Å²) in [6.45, 7) is 4.44. The number of aromatic nitrogens is 1. The van der Waals surface area contributed by atoms with Crippen LogP contribution in [0.15, 0.2) is 58.4 Å². The fraction of sp³-hybridized carbons (Fsp3) is 0.368. The van der Waals surface area contributed by atoms with Gasteiger partial charge in [0.1, 0.15) is 4.49 Å². The summed E-state index contributed by atoms with van der Waals surface area (Å²) < 4.78 is 2.16. The van der Waals surface area contributed by atoms with E-state index in [2.05, 4.69) is 0 Å². The number of allylic oxidation sites excluding steroid dienone is 2. The van der Waals surface area contributed by atoms with Crippen LogP contribution in [0.25, 0.3) is 0 Å². The van der Waals surface area contributed by atoms with Gasteiger partial charge in [-0.3, -0.25) is 9.59 Å². The van der Waals surface area contributed by atoms with E-state index >= 15 is 0 Å². The van der Waals surface area contributed by atoms with Crippen LogP contribution in [0.2, 0.25) is 0 Å². The van der Waals surface area contributed by atoms with Crippen molar-refractivity contribution < 1.29 is 9.59 Å². The van der Waals surface area contributed by atoms with E-state index in [9.17, 15) is 9.59 Å². The van der Waals surface area contributed by atoms with Gasteiger partial charge in [0.05, 0.1) is 0 Å². The molecular weight excluding hydrogens is 373 g/mol. The van der Waals surface area contributed by atoms with Crippen LogP contribution in [0.4, 0.5) is 0 Å². The molecule has 0 bridgehead atoms. The Morgan fingerprint density at radius 1 is 1.08 bits per heavy atom. The Balaban J connectivity index is 1.49. The second-order valence-corrected chi connectivity index (χ2v) is 7.66. The lowest BCUT2D eigenvalue weighted by molar-refractivity contribution is -0.130. The molecule has 1 aromatic rings. The molecule has 3 heterocycles. The zero-order chi connectivity index (χ0) is 18.7. The van der Waals surface area contributed by atoms with Gasteiger partial charge in [0, 0.05) is 57.1 Å². The minimum Gasteiger partial charge on any atom is -0.351 e. The van der Waals surface area contributed by atoms with Gasteiger partial charge in [-0.2, -0.15) is 0 Å². The van der Waals surface area contributed by atoms with Crippen molar-refractivity contribution in [3.63, 3.8) is 0 Å². The van der Waals surface area contributed by atoms with Gasteiger partial charge in [0.25, 0.3) is 0 Å². The van der Waals surface area contributed by atoms with Crippen LogP contribution in [-0.4, -0.2) is 52.4 Å². The minimum absolute atomic E-state index is 0.0793. The van der Waals surface area contributed by atoms with Gasteiger partial charge in [-0.15, -0.1) is 0 Å². The first kappa shape index (κ1) is 18.8. The Morgan fingerprint density at radius 3 is 2.23 bits per heavy atom. The molecule has 7 heteroatoms. The molecule has 0 radical (unpaired) electrons. The van der Waals surface area contributed by atoms with Crippen molar-refractivity contribution in [3.8, 4) is 0 Å². The van der Waals surface area contributed by atoms with E-state index in [0.717, 1.165) is 0 Å². The summed E-state index contributed by atoms with van der Waals surface area (Å²) in [6, 6.07) is 4.06. The first-order valence-corrected chi connectivity index (χ1v) is 9.28. The highest BCUT2D eigenvalue weighted by molar-refractivity contribution is 6.56. The van der Waals surface area contributed by atoms with Gasteiger partial charge in [-0.05, 0) is 36.3 Å². The van der Waals surface area contributed by atoms with E-state index in [4.69, 9.17) is 23.2 Å². The molecule has 1 aromatic heterocycles. The van der Waals surface area contributed by atoms with Crippen molar-refractivity contribution in [2.45, 2.75) is 19.4 Å². The highest BCUT2D eigenvalue weighted by Crippen LogP contribution is 2.27. The van der Waals surface area contributed by atoms with E-state index in [1.54, 1.807) is 11.0 Å². The molecule has 2 aliphatic rings. The van der Waals surface area contributed by atoms with E-state index < -0.39 is 0 Å². The van der Waals surface area contributed by atoms with Crippen LogP contribution >= 0.6 is 23.2 Å². The lowest BCUT2D eigenvalue weighted by atomic mass is 10.2. The first-order chi connectivity index (χ1) is 12.4. The number of amides is 2. The topological polar surface area (TPSA) is 45.6 Å². The van der Waals surface area contributed by atoms with Gasteiger partial charge in [0.15, 0.2) is 0 Å². The fourth-order valence-corrected chi connectivity index (χ4v) is 3.50. The summed E-state index contributed by atoms with van der Waals surface area (Å²) in [7, 11) is 0. The Hall–Kier alpha value is -1.98. The lowest BCUT2D eigenvalue weighted by Gasteiger charge is -2.24. The van der Waals surface area contributed by atoms with E-state index in [-0.39, 0.29) is 22.3 Å². The summed E-state index contributed by atoms with van der Waals surface area (Å²) in [5.74, 6) is 0.0737. The van der Waals surface area contributed by atoms with Gasteiger partial charge >= 0.3 is 0 Å². The third-order valence-corrected chi connectivity index (χ3v) is 5.01. The molecule has 0 aliphatic carbocycles. The average molecular weight is 394 g/mol. The number of hydrogen-bond acceptors (Lipinski definition) is 2. The Kier molecular flexibility index (Phi) is 5.89. The zero-order valence-electron chi connectivity index (χ0n) is 14.6. The number of carbonyl (C=O) groups excluding carboxylic acids is 2. The maximum absolute atomic E-state index is 12.6. The normalized spacial score (nSPS) is 17.8. The van der Waals surface area contributed by atoms with E-state index in [0.29, 0.717) is 32.6 Å². The molecule has 0 saturated carbocycles. The molecule has 26 heavy (non-hydrogen) atoms. The maximum Gasteiger partial charge on any atom is 0.247 e. The number of halogens is 2. The van der Waals surface area contributed by atoms with Crippen molar-refractivity contribution >= 4 is 35.0 Å². The van der Waals surface area contributed by atoms with Gasteiger partial charge in [-0.25, -0.2) is 0 Å². The number of rotatable bonds is 5. The zero-order valence-corrected chi connectivity index (χ0v) is 16.1. The highest BCUT2D eigenvalue weighted by atomic mass is 35.5. The predicted molar refractivity (Wildman–Crippen MR) is 103 cm³/mol. The molecule has 0 fully saturated rings. The average Bonchev–Trinajstić information content (AvgIpc) is 3.29. The number of carbonyl (C=O) groups is 2. The van der Waals surface area contributed by atoms with Gasteiger partial charge in [-0.1, -0.05) is 29.3 Å². The summed E-state index contributed by atoms with van der Waals surface area (Å²) in [6.07, 6.45) is 8.89. The molecule has 1 atom stereocenters. The van der Waals surface area contributed by atoms with Crippen LogP contribution in [0.5, 0.6) is 0 Å². The number of hydrogen-bond donors (Lipinski definition) is 0. The van der Waals surface area contributed by atoms with Gasteiger partial charge < -0.3 is 14.4 Å². The molecule has 1 unspecified atom stereocenters. The third kappa shape index (κ3) is 4.40. The molecule has 0 N–H and O–H groups in total.